The second-order valence-corrected chi connectivity index (χ2v) is 5.09. The van der Waals surface area contributed by atoms with Crippen LogP contribution in [0.4, 0.5) is 8.78 Å². The summed E-state index contributed by atoms with van der Waals surface area (Å²) in [7, 11) is 0. The van der Waals surface area contributed by atoms with Crippen LogP contribution in [0.2, 0.25) is 0 Å². The Kier molecular flexibility index (Phi) is 4.28. The van der Waals surface area contributed by atoms with Crippen LogP contribution in [-0.4, -0.2) is 26.1 Å². The van der Waals surface area contributed by atoms with E-state index in [4.69, 9.17) is 0 Å². The molecule has 1 amide bonds. The summed E-state index contributed by atoms with van der Waals surface area (Å²) in [4.78, 5) is 20.0. The van der Waals surface area contributed by atoms with E-state index in [1.807, 2.05) is 0 Å². The first-order chi connectivity index (χ1) is 11.6. The third kappa shape index (κ3) is 2.98. The summed E-state index contributed by atoms with van der Waals surface area (Å²) in [6.07, 6.45) is 4.73. The van der Waals surface area contributed by atoms with Gasteiger partial charge in [0, 0.05) is 11.8 Å². The van der Waals surface area contributed by atoms with E-state index in [0.29, 0.717) is 11.4 Å². The van der Waals surface area contributed by atoms with Gasteiger partial charge in [-0.3, -0.25) is 19.9 Å². The highest BCUT2D eigenvalue weighted by molar-refractivity contribution is 5.99. The van der Waals surface area contributed by atoms with Crippen LogP contribution in [0.1, 0.15) is 28.9 Å². The lowest BCUT2D eigenvalue weighted by Crippen LogP contribution is -2.28. The number of pyridine rings is 2. The van der Waals surface area contributed by atoms with Crippen molar-refractivity contribution < 1.29 is 13.6 Å². The molecule has 3 aromatic heterocycles. The molecule has 3 heterocycles. The van der Waals surface area contributed by atoms with Crippen molar-refractivity contribution in [2.24, 2.45) is 0 Å². The summed E-state index contributed by atoms with van der Waals surface area (Å²) in [5.41, 5.74) is 0.946. The minimum absolute atomic E-state index is 0.232. The molecule has 1 unspecified atom stereocenters. The number of hydrogen-bond donors (Lipinski definition) is 2. The van der Waals surface area contributed by atoms with Crippen molar-refractivity contribution in [1.82, 2.24) is 25.5 Å². The molecule has 0 aliphatic rings. The van der Waals surface area contributed by atoms with Crippen molar-refractivity contribution in [2.75, 3.05) is 0 Å². The number of aromatic amines is 1. The van der Waals surface area contributed by atoms with Crippen molar-refractivity contribution in [2.45, 2.75) is 13.0 Å². The smallest absolute Gasteiger partial charge is 0.255 e. The first-order valence-electron chi connectivity index (χ1n) is 7.12. The third-order valence-corrected chi connectivity index (χ3v) is 3.48. The average molecular weight is 329 g/mol. The topological polar surface area (TPSA) is 83.6 Å². The molecule has 8 heteroatoms. The molecule has 24 heavy (non-hydrogen) atoms. The van der Waals surface area contributed by atoms with Gasteiger partial charge in [0.05, 0.1) is 41.6 Å². The quantitative estimate of drug-likeness (QED) is 0.771. The van der Waals surface area contributed by atoms with Crippen molar-refractivity contribution in [1.29, 1.82) is 0 Å². The van der Waals surface area contributed by atoms with Gasteiger partial charge in [0.15, 0.2) is 0 Å². The Morgan fingerprint density at radius 1 is 1.21 bits per heavy atom. The normalized spacial score (nSPS) is 12.0. The Morgan fingerprint density at radius 3 is 2.62 bits per heavy atom. The summed E-state index contributed by atoms with van der Waals surface area (Å²) in [5, 5.41) is 9.11. The summed E-state index contributed by atoms with van der Waals surface area (Å²) in [5.74, 6) is -2.16. The number of rotatable bonds is 4. The van der Waals surface area contributed by atoms with Gasteiger partial charge in [-0.15, -0.1) is 0 Å². The number of nitrogens with zero attached hydrogens (tertiary/aromatic N) is 3. The number of carbonyl (C=O) groups is 1. The number of H-pyrrole nitrogens is 1. The van der Waals surface area contributed by atoms with E-state index in [0.717, 1.165) is 12.4 Å². The largest absolute Gasteiger partial charge is 0.345 e. The van der Waals surface area contributed by atoms with E-state index >= 15 is 0 Å². The van der Waals surface area contributed by atoms with Crippen LogP contribution >= 0.6 is 0 Å². The number of hydrogen-bond acceptors (Lipinski definition) is 4. The van der Waals surface area contributed by atoms with Gasteiger partial charge in [-0.2, -0.15) is 5.10 Å². The van der Waals surface area contributed by atoms with Gasteiger partial charge in [-0.05, 0) is 19.1 Å². The minimum atomic E-state index is -0.882. The molecule has 3 aromatic rings. The molecule has 0 saturated heterocycles. The van der Waals surface area contributed by atoms with Gasteiger partial charge >= 0.3 is 0 Å². The minimum Gasteiger partial charge on any atom is -0.345 e. The second-order valence-electron chi connectivity index (χ2n) is 5.09. The molecule has 0 fully saturated rings. The Bertz CT molecular complexity index is 846. The van der Waals surface area contributed by atoms with Crippen molar-refractivity contribution in [3.8, 4) is 11.4 Å². The van der Waals surface area contributed by atoms with Gasteiger partial charge in [0.25, 0.3) is 5.91 Å². The summed E-state index contributed by atoms with van der Waals surface area (Å²) in [6.45, 7) is 1.49. The van der Waals surface area contributed by atoms with Crippen LogP contribution in [0.25, 0.3) is 11.4 Å². The van der Waals surface area contributed by atoms with E-state index in [9.17, 15) is 13.6 Å². The molecule has 3 rings (SSSR count). The lowest BCUT2D eigenvalue weighted by Gasteiger charge is -2.15. The standard InChI is InChI=1S/C16H13F2N5O/c1-9(14-11(17)7-19-8-12(14)18)22-16(24)10-6-21-23-15(10)13-4-2-3-5-20-13/h2-9H,1H3,(H,21,23)(H,22,24). The number of nitrogens with one attached hydrogen (secondary N) is 2. The molecular formula is C16H13F2N5O. The molecule has 0 radical (unpaired) electrons. The Hall–Kier alpha value is -3.16. The number of amides is 1. The first kappa shape index (κ1) is 15.7. The maximum absolute atomic E-state index is 13.8. The van der Waals surface area contributed by atoms with E-state index in [-0.39, 0.29) is 11.1 Å². The lowest BCUT2D eigenvalue weighted by molar-refractivity contribution is 0.0939. The molecule has 0 aliphatic carbocycles. The second kappa shape index (κ2) is 6.53. The zero-order valence-corrected chi connectivity index (χ0v) is 12.6. The predicted molar refractivity (Wildman–Crippen MR) is 81.9 cm³/mol. The van der Waals surface area contributed by atoms with Gasteiger partial charge in [0.1, 0.15) is 11.6 Å². The Labute approximate surface area is 136 Å². The van der Waals surface area contributed by atoms with Crippen LogP contribution in [0.3, 0.4) is 0 Å². The molecular weight excluding hydrogens is 316 g/mol. The van der Waals surface area contributed by atoms with Crippen molar-refractivity contribution >= 4 is 5.91 Å². The van der Waals surface area contributed by atoms with Crippen LogP contribution in [-0.2, 0) is 0 Å². The summed E-state index contributed by atoms with van der Waals surface area (Å²) in [6, 6.07) is 4.36. The van der Waals surface area contributed by atoms with Gasteiger partial charge < -0.3 is 5.32 Å². The molecule has 0 saturated carbocycles. The summed E-state index contributed by atoms with van der Waals surface area (Å²) >= 11 is 0. The maximum atomic E-state index is 13.8. The number of carbonyl (C=O) groups excluding carboxylic acids is 1. The van der Waals surface area contributed by atoms with Crippen LogP contribution in [0, 0.1) is 11.6 Å². The van der Waals surface area contributed by atoms with Crippen molar-refractivity contribution in [3.63, 3.8) is 0 Å². The lowest BCUT2D eigenvalue weighted by atomic mass is 10.1. The molecule has 6 nitrogen and oxygen atoms in total. The van der Waals surface area contributed by atoms with Gasteiger partial charge in [-0.1, -0.05) is 6.07 Å². The predicted octanol–water partition coefficient (Wildman–Crippen LogP) is 2.64. The fraction of sp³-hybridized carbons (Fsp3) is 0.125. The Morgan fingerprint density at radius 2 is 1.96 bits per heavy atom. The molecule has 0 spiro atoms. The fourth-order valence-corrected chi connectivity index (χ4v) is 2.35. The highest BCUT2D eigenvalue weighted by Crippen LogP contribution is 2.22. The molecule has 0 aromatic carbocycles. The monoisotopic (exact) mass is 329 g/mol. The highest BCUT2D eigenvalue weighted by atomic mass is 19.1. The molecule has 2 N–H and O–H groups in total. The average Bonchev–Trinajstić information content (AvgIpc) is 3.05. The van der Waals surface area contributed by atoms with E-state index < -0.39 is 23.6 Å². The van der Waals surface area contributed by atoms with Crippen LogP contribution < -0.4 is 5.32 Å². The highest BCUT2D eigenvalue weighted by Gasteiger charge is 2.22. The fourth-order valence-electron chi connectivity index (χ4n) is 2.35. The van der Waals surface area contributed by atoms with E-state index in [1.165, 1.54) is 13.1 Å². The zero-order valence-electron chi connectivity index (χ0n) is 12.6. The summed E-state index contributed by atoms with van der Waals surface area (Å²) < 4.78 is 27.5. The van der Waals surface area contributed by atoms with Gasteiger partial charge in [-0.25, -0.2) is 8.78 Å². The van der Waals surface area contributed by atoms with Crippen LogP contribution in [0.5, 0.6) is 0 Å². The van der Waals surface area contributed by atoms with Crippen molar-refractivity contribution in [3.05, 3.63) is 65.7 Å². The van der Waals surface area contributed by atoms with E-state index in [2.05, 4.69) is 25.5 Å². The van der Waals surface area contributed by atoms with Gasteiger partial charge in [0.2, 0.25) is 0 Å². The molecule has 122 valence electrons. The number of halogens is 2. The molecule has 1 atom stereocenters. The third-order valence-electron chi connectivity index (χ3n) is 3.48. The zero-order chi connectivity index (χ0) is 17.1. The number of aromatic nitrogens is 4. The first-order valence-corrected chi connectivity index (χ1v) is 7.12. The molecule has 0 bridgehead atoms. The Balaban J connectivity index is 1.85. The van der Waals surface area contributed by atoms with Crippen LogP contribution in [0.15, 0.2) is 43.0 Å². The maximum Gasteiger partial charge on any atom is 0.255 e. The SMILES string of the molecule is CC(NC(=O)c1cn[nH]c1-c1ccccn1)c1c(F)cncc1F. The van der Waals surface area contributed by atoms with E-state index in [1.54, 1.807) is 24.4 Å². The molecule has 0 aliphatic heterocycles.